The number of alkyl halides is 3. The molecule has 1 aliphatic heterocycles. The van der Waals surface area contributed by atoms with Crippen LogP contribution < -0.4 is 14.4 Å². The smallest absolute Gasteiger partial charge is 0.508 e. The number of piperidine rings is 1. The van der Waals surface area contributed by atoms with Gasteiger partial charge in [-0.25, -0.2) is 0 Å². The van der Waals surface area contributed by atoms with E-state index in [0.717, 1.165) is 31.6 Å². The average Bonchev–Trinajstić information content (AvgIpc) is 2.61. The normalized spacial score (nSPS) is 15.7. The van der Waals surface area contributed by atoms with Gasteiger partial charge >= 0.3 is 6.36 Å². The quantitative estimate of drug-likeness (QED) is 0.840. The van der Waals surface area contributed by atoms with E-state index in [2.05, 4.69) is 9.64 Å². The second kappa shape index (κ2) is 7.76. The second-order valence-electron chi connectivity index (χ2n) is 6.28. The number of benzene rings is 2. The van der Waals surface area contributed by atoms with Gasteiger partial charge in [0, 0.05) is 18.8 Å². The Morgan fingerprint density at radius 2 is 1.50 bits per heavy atom. The summed E-state index contributed by atoms with van der Waals surface area (Å²) in [6.07, 6.45) is -2.75. The molecule has 1 aliphatic rings. The molecule has 0 radical (unpaired) electrons. The Kier molecular flexibility index (Phi) is 5.44. The molecule has 1 N–H and O–H groups in total. The number of aromatic hydroxyl groups is 1. The highest BCUT2D eigenvalue weighted by Crippen LogP contribution is 2.27. The van der Waals surface area contributed by atoms with Crippen LogP contribution in [0.25, 0.3) is 0 Å². The fraction of sp³-hybridized carbons (Fsp3) is 0.368. The maximum Gasteiger partial charge on any atom is 0.573 e. The van der Waals surface area contributed by atoms with Gasteiger partial charge in [-0.2, -0.15) is 0 Å². The molecule has 0 bridgehead atoms. The molecule has 0 saturated carbocycles. The molecule has 1 heterocycles. The molecule has 1 saturated heterocycles. The first-order valence-electron chi connectivity index (χ1n) is 8.42. The van der Waals surface area contributed by atoms with Crippen LogP contribution in [-0.4, -0.2) is 31.2 Å². The summed E-state index contributed by atoms with van der Waals surface area (Å²) >= 11 is 0. The number of hydrogen-bond acceptors (Lipinski definition) is 4. The lowest BCUT2D eigenvalue weighted by atomic mass is 9.97. The van der Waals surface area contributed by atoms with E-state index in [9.17, 15) is 18.3 Å². The lowest BCUT2D eigenvalue weighted by Gasteiger charge is -2.33. The first-order valence-corrected chi connectivity index (χ1v) is 8.42. The Hall–Kier alpha value is -2.57. The van der Waals surface area contributed by atoms with Crippen molar-refractivity contribution in [2.75, 3.05) is 24.6 Å². The highest BCUT2D eigenvalue weighted by atomic mass is 19.4. The van der Waals surface area contributed by atoms with Crippen LogP contribution in [0.5, 0.6) is 17.2 Å². The molecule has 2 aromatic rings. The number of anilines is 1. The van der Waals surface area contributed by atoms with E-state index < -0.39 is 6.36 Å². The Bertz CT molecular complexity index is 693. The summed E-state index contributed by atoms with van der Waals surface area (Å²) in [4.78, 5) is 2.26. The Balaban J connectivity index is 1.44. The highest BCUT2D eigenvalue weighted by molar-refractivity contribution is 5.49. The predicted octanol–water partition coefficient (Wildman–Crippen LogP) is 4.59. The van der Waals surface area contributed by atoms with Gasteiger partial charge in [-0.05, 0) is 67.3 Å². The molecule has 0 aliphatic carbocycles. The summed E-state index contributed by atoms with van der Waals surface area (Å²) in [5.41, 5.74) is 1.09. The van der Waals surface area contributed by atoms with Crippen molar-refractivity contribution in [1.29, 1.82) is 0 Å². The fourth-order valence-corrected chi connectivity index (χ4v) is 2.97. The van der Waals surface area contributed by atoms with Crippen LogP contribution in [0, 0.1) is 5.92 Å². The maximum absolute atomic E-state index is 12.1. The molecule has 2 aromatic carbocycles. The molecular formula is C19H20F3NO3. The number of phenolic OH excluding ortho intramolecular Hbond substituents is 1. The van der Waals surface area contributed by atoms with Crippen LogP contribution in [-0.2, 0) is 0 Å². The van der Waals surface area contributed by atoms with Gasteiger partial charge in [0.25, 0.3) is 0 Å². The number of nitrogens with zero attached hydrogens (tertiary/aromatic N) is 1. The minimum Gasteiger partial charge on any atom is -0.508 e. The van der Waals surface area contributed by atoms with Crippen LogP contribution in [0.1, 0.15) is 12.8 Å². The molecule has 4 nitrogen and oxygen atoms in total. The summed E-state index contributed by atoms with van der Waals surface area (Å²) in [5.74, 6) is 0.922. The van der Waals surface area contributed by atoms with Crippen molar-refractivity contribution < 1.29 is 27.8 Å². The number of phenols is 1. The molecule has 0 atom stereocenters. The number of hydrogen-bond donors (Lipinski definition) is 1. The lowest BCUT2D eigenvalue weighted by Crippen LogP contribution is -2.35. The van der Waals surface area contributed by atoms with E-state index in [1.165, 1.54) is 24.3 Å². The molecule has 0 aromatic heterocycles. The molecule has 26 heavy (non-hydrogen) atoms. The van der Waals surface area contributed by atoms with Crippen LogP contribution in [0.15, 0.2) is 48.5 Å². The fourth-order valence-electron chi connectivity index (χ4n) is 2.97. The molecule has 0 spiro atoms. The van der Waals surface area contributed by atoms with Gasteiger partial charge in [-0.1, -0.05) is 0 Å². The van der Waals surface area contributed by atoms with Crippen LogP contribution in [0.3, 0.4) is 0 Å². The molecular weight excluding hydrogens is 347 g/mol. The van der Waals surface area contributed by atoms with Gasteiger partial charge in [0.1, 0.15) is 17.2 Å². The van der Waals surface area contributed by atoms with Gasteiger partial charge < -0.3 is 19.5 Å². The lowest BCUT2D eigenvalue weighted by molar-refractivity contribution is -0.274. The summed E-state index contributed by atoms with van der Waals surface area (Å²) in [5, 5.41) is 9.35. The van der Waals surface area contributed by atoms with Crippen molar-refractivity contribution in [3.05, 3.63) is 48.5 Å². The Morgan fingerprint density at radius 1 is 0.923 bits per heavy atom. The number of rotatable bonds is 5. The molecule has 3 rings (SSSR count). The molecule has 140 valence electrons. The number of ether oxygens (including phenoxy) is 2. The van der Waals surface area contributed by atoms with Gasteiger partial charge in [0.2, 0.25) is 0 Å². The van der Waals surface area contributed by atoms with Crippen molar-refractivity contribution in [2.24, 2.45) is 5.92 Å². The first-order chi connectivity index (χ1) is 12.4. The molecule has 0 unspecified atom stereocenters. The zero-order valence-electron chi connectivity index (χ0n) is 14.1. The Morgan fingerprint density at radius 3 is 2.08 bits per heavy atom. The van der Waals surface area contributed by atoms with Gasteiger partial charge in [0.05, 0.1) is 6.61 Å². The van der Waals surface area contributed by atoms with Crippen LogP contribution in [0.2, 0.25) is 0 Å². The summed E-state index contributed by atoms with van der Waals surface area (Å²) in [7, 11) is 0. The van der Waals surface area contributed by atoms with Crippen molar-refractivity contribution in [1.82, 2.24) is 0 Å². The van der Waals surface area contributed by atoms with E-state index in [1.54, 1.807) is 12.1 Å². The van der Waals surface area contributed by atoms with Crippen molar-refractivity contribution in [3.8, 4) is 17.2 Å². The zero-order chi connectivity index (χ0) is 18.6. The minimum absolute atomic E-state index is 0.253. The monoisotopic (exact) mass is 367 g/mol. The third-order valence-corrected chi connectivity index (χ3v) is 4.37. The van der Waals surface area contributed by atoms with Gasteiger partial charge in [-0.3, -0.25) is 0 Å². The maximum atomic E-state index is 12.1. The standard InChI is InChI=1S/C19H20F3NO3/c20-19(21,22)26-18-7-5-17(6-8-18)25-13-14-9-11-23(12-10-14)15-1-3-16(24)4-2-15/h1-8,14,24H,9-13H2. The summed E-state index contributed by atoms with van der Waals surface area (Å²) < 4.78 is 45.9. The van der Waals surface area contributed by atoms with Crippen molar-refractivity contribution in [3.63, 3.8) is 0 Å². The second-order valence-corrected chi connectivity index (χ2v) is 6.28. The van der Waals surface area contributed by atoms with Crippen LogP contribution in [0.4, 0.5) is 18.9 Å². The van der Waals surface area contributed by atoms with E-state index in [4.69, 9.17) is 4.74 Å². The zero-order valence-corrected chi connectivity index (χ0v) is 14.1. The van der Waals surface area contributed by atoms with E-state index in [0.29, 0.717) is 18.3 Å². The minimum atomic E-state index is -4.69. The topological polar surface area (TPSA) is 41.9 Å². The highest BCUT2D eigenvalue weighted by Gasteiger charge is 2.31. The number of halogens is 3. The third-order valence-electron chi connectivity index (χ3n) is 4.37. The molecule has 0 amide bonds. The Labute approximate surface area is 149 Å². The van der Waals surface area contributed by atoms with E-state index >= 15 is 0 Å². The van der Waals surface area contributed by atoms with Crippen molar-refractivity contribution >= 4 is 5.69 Å². The van der Waals surface area contributed by atoms with Crippen molar-refractivity contribution in [2.45, 2.75) is 19.2 Å². The molecule has 1 fully saturated rings. The third kappa shape index (κ3) is 5.21. The summed E-state index contributed by atoms with van der Waals surface area (Å²) in [6.45, 7) is 2.33. The van der Waals surface area contributed by atoms with Crippen LogP contribution >= 0.6 is 0 Å². The predicted molar refractivity (Wildman–Crippen MR) is 91.7 cm³/mol. The largest absolute Gasteiger partial charge is 0.573 e. The average molecular weight is 367 g/mol. The first kappa shape index (κ1) is 18.2. The SMILES string of the molecule is Oc1ccc(N2CCC(COc3ccc(OC(F)(F)F)cc3)CC2)cc1. The van der Waals surface area contributed by atoms with E-state index in [-0.39, 0.29) is 11.5 Å². The molecule has 7 heteroatoms. The van der Waals surface area contributed by atoms with E-state index in [1.807, 2.05) is 12.1 Å². The van der Waals surface area contributed by atoms with Gasteiger partial charge in [0.15, 0.2) is 0 Å². The van der Waals surface area contributed by atoms with Gasteiger partial charge in [-0.15, -0.1) is 13.2 Å². The summed E-state index contributed by atoms with van der Waals surface area (Å²) in [6, 6.07) is 12.6.